The number of piperazine rings is 1. The maximum atomic E-state index is 14.2. The van der Waals surface area contributed by atoms with Gasteiger partial charge in [-0.15, -0.1) is 0 Å². The Kier molecular flexibility index (Phi) is 7.30. The fraction of sp³-hybridized carbons (Fsp3) is 0.516. The molecule has 2 aromatic carbocycles. The summed E-state index contributed by atoms with van der Waals surface area (Å²) in [6.45, 7) is 14.3. The molecular weight excluding hydrogens is 526 g/mol. The Morgan fingerprint density at radius 2 is 1.80 bits per heavy atom. The van der Waals surface area contributed by atoms with E-state index in [0.717, 1.165) is 28.8 Å². The van der Waals surface area contributed by atoms with Crippen LogP contribution < -0.4 is 9.21 Å². The summed E-state index contributed by atoms with van der Waals surface area (Å²) in [6, 6.07) is 12.8. The zero-order chi connectivity index (χ0) is 29.0. The molecule has 0 unspecified atom stereocenters. The van der Waals surface area contributed by atoms with Crippen molar-refractivity contribution < 1.29 is 22.7 Å². The number of sulfonamides is 1. The zero-order valence-electron chi connectivity index (χ0n) is 24.6. The van der Waals surface area contributed by atoms with Crippen molar-refractivity contribution in [2.24, 2.45) is 0 Å². The predicted molar refractivity (Wildman–Crippen MR) is 158 cm³/mol. The molecule has 3 heterocycles. The molecule has 0 aliphatic carbocycles. The molecule has 40 heavy (non-hydrogen) atoms. The first-order valence-corrected chi connectivity index (χ1v) is 15.4. The summed E-state index contributed by atoms with van der Waals surface area (Å²) in [7, 11) is -2.45. The van der Waals surface area contributed by atoms with Crippen LogP contribution in [0.3, 0.4) is 0 Å². The molecule has 2 atom stereocenters. The van der Waals surface area contributed by atoms with Crippen molar-refractivity contribution in [3.05, 3.63) is 59.7 Å². The lowest BCUT2D eigenvalue weighted by atomic mass is 9.85. The number of hydrogen-bond acceptors (Lipinski definition) is 7. The Labute approximate surface area is 238 Å². The fourth-order valence-electron chi connectivity index (χ4n) is 6.50. The van der Waals surface area contributed by atoms with E-state index in [0.29, 0.717) is 25.3 Å². The van der Waals surface area contributed by atoms with Crippen LogP contribution in [0.2, 0.25) is 0 Å². The van der Waals surface area contributed by atoms with Gasteiger partial charge < -0.3 is 14.4 Å². The van der Waals surface area contributed by atoms with E-state index >= 15 is 0 Å². The molecule has 0 N–H and O–H groups in total. The summed E-state index contributed by atoms with van der Waals surface area (Å²) in [5.41, 5.74) is 3.86. The van der Waals surface area contributed by atoms with Crippen molar-refractivity contribution in [1.29, 1.82) is 0 Å². The Balaban J connectivity index is 1.60. The number of esters is 1. The van der Waals surface area contributed by atoms with Crippen LogP contribution in [0, 0.1) is 6.92 Å². The molecule has 0 radical (unpaired) electrons. The highest BCUT2D eigenvalue weighted by molar-refractivity contribution is 7.92. The van der Waals surface area contributed by atoms with Crippen LogP contribution in [-0.4, -0.2) is 75.9 Å². The van der Waals surface area contributed by atoms with E-state index in [9.17, 15) is 13.2 Å². The molecule has 5 rings (SSSR count). The quantitative estimate of drug-likeness (QED) is 0.488. The molecule has 8 nitrogen and oxygen atoms in total. The average Bonchev–Trinajstić information content (AvgIpc) is 2.89. The third kappa shape index (κ3) is 5.39. The number of carbonyl (C=O) groups excluding carboxylic acids is 1. The topological polar surface area (TPSA) is 79.4 Å². The predicted octanol–water partition coefficient (Wildman–Crippen LogP) is 4.62. The number of ether oxygens (including phenoxy) is 2. The largest absolute Gasteiger partial charge is 0.468 e. The summed E-state index contributed by atoms with van der Waals surface area (Å²) in [5.74, 6) is -0.283. The van der Waals surface area contributed by atoms with E-state index in [2.05, 4.69) is 55.7 Å². The van der Waals surface area contributed by atoms with Crippen molar-refractivity contribution in [1.82, 2.24) is 4.90 Å². The SMILES string of the molecule is COC(=O)[C@@H](C)N1CCN2c3ccc(C4=CC(C)(C)OC(C)(C)C4)cc3N(S(=O)(=O)c3cccc(C)c3)C[C@@H]2C1. The Bertz CT molecular complexity index is 1450. The maximum Gasteiger partial charge on any atom is 0.322 e. The molecule has 0 bridgehead atoms. The molecule has 1 saturated heterocycles. The second kappa shape index (κ2) is 10.2. The summed E-state index contributed by atoms with van der Waals surface area (Å²) >= 11 is 0. The minimum Gasteiger partial charge on any atom is -0.468 e. The first-order chi connectivity index (χ1) is 18.7. The van der Waals surface area contributed by atoms with Gasteiger partial charge in [0.15, 0.2) is 0 Å². The standard InChI is InChI=1S/C31H41N3O5S/c1-21-9-8-10-26(15-21)40(36,37)34-20-25-19-32(22(2)29(35)38-7)13-14-33(25)27-12-11-23(16-28(27)34)24-17-30(3,4)39-31(5,6)18-24/h8-12,15-17,22,25H,13-14,18-20H2,1-7H3/t22-,25+/m1/s1. The third-order valence-corrected chi connectivity index (χ3v) is 9.94. The van der Waals surface area contributed by atoms with Gasteiger partial charge in [-0.05, 0) is 88.6 Å². The van der Waals surface area contributed by atoms with Gasteiger partial charge in [0.2, 0.25) is 0 Å². The number of methoxy groups -OCH3 is 1. The van der Waals surface area contributed by atoms with Gasteiger partial charge in [0, 0.05) is 26.1 Å². The van der Waals surface area contributed by atoms with Crippen LogP contribution in [0.1, 0.15) is 52.2 Å². The number of nitrogens with zero attached hydrogens (tertiary/aromatic N) is 3. The van der Waals surface area contributed by atoms with Crippen LogP contribution >= 0.6 is 0 Å². The molecule has 3 aliphatic heterocycles. The van der Waals surface area contributed by atoms with E-state index < -0.39 is 21.7 Å². The van der Waals surface area contributed by atoms with E-state index in [-0.39, 0.29) is 29.1 Å². The van der Waals surface area contributed by atoms with Gasteiger partial charge in [-0.1, -0.05) is 18.2 Å². The highest BCUT2D eigenvalue weighted by Crippen LogP contribution is 2.44. The number of aryl methyl sites for hydroxylation is 1. The average molecular weight is 568 g/mol. The van der Waals surface area contributed by atoms with Crippen LogP contribution in [-0.2, 0) is 24.3 Å². The van der Waals surface area contributed by atoms with Crippen molar-refractivity contribution in [3.63, 3.8) is 0 Å². The number of rotatable bonds is 5. The highest BCUT2D eigenvalue weighted by Gasteiger charge is 2.42. The smallest absolute Gasteiger partial charge is 0.322 e. The Morgan fingerprint density at radius 1 is 1.05 bits per heavy atom. The molecule has 216 valence electrons. The number of benzene rings is 2. The fourth-order valence-corrected chi connectivity index (χ4v) is 8.12. The Hall–Kier alpha value is -2.88. The molecule has 0 spiro atoms. The third-order valence-electron chi connectivity index (χ3n) is 8.16. The second-order valence-corrected chi connectivity index (χ2v) is 14.3. The molecule has 2 aromatic rings. The van der Waals surface area contributed by atoms with Gasteiger partial charge in [-0.2, -0.15) is 0 Å². The van der Waals surface area contributed by atoms with E-state index in [1.165, 1.54) is 7.11 Å². The molecule has 0 aromatic heterocycles. The summed E-state index contributed by atoms with van der Waals surface area (Å²) in [5, 5.41) is 0. The van der Waals surface area contributed by atoms with Crippen LogP contribution in [0.15, 0.2) is 53.4 Å². The van der Waals surface area contributed by atoms with Crippen molar-refractivity contribution in [2.45, 2.75) is 76.1 Å². The summed E-state index contributed by atoms with van der Waals surface area (Å²) in [4.78, 5) is 17.0. The van der Waals surface area contributed by atoms with Gasteiger partial charge in [0.25, 0.3) is 10.0 Å². The minimum absolute atomic E-state index is 0.112. The minimum atomic E-state index is -3.85. The van der Waals surface area contributed by atoms with Crippen molar-refractivity contribution in [3.8, 4) is 0 Å². The lowest BCUT2D eigenvalue weighted by Crippen LogP contribution is -2.62. The van der Waals surface area contributed by atoms with Gasteiger partial charge in [-0.3, -0.25) is 14.0 Å². The highest BCUT2D eigenvalue weighted by atomic mass is 32.2. The molecule has 3 aliphatic rings. The molecular formula is C31H41N3O5S. The normalized spacial score (nSPS) is 23.1. The number of anilines is 2. The van der Waals surface area contributed by atoms with Crippen molar-refractivity contribution in [2.75, 3.05) is 42.5 Å². The number of carbonyl (C=O) groups is 1. The molecule has 1 fully saturated rings. The zero-order valence-corrected chi connectivity index (χ0v) is 25.4. The van der Waals surface area contributed by atoms with Crippen LogP contribution in [0.5, 0.6) is 0 Å². The maximum absolute atomic E-state index is 14.2. The van der Waals surface area contributed by atoms with Gasteiger partial charge in [0.1, 0.15) is 6.04 Å². The van der Waals surface area contributed by atoms with Crippen molar-refractivity contribution >= 4 is 32.9 Å². The van der Waals surface area contributed by atoms with E-state index in [1.54, 1.807) is 22.5 Å². The second-order valence-electron chi connectivity index (χ2n) is 12.4. The lowest BCUT2D eigenvalue weighted by molar-refractivity contribution is -0.146. The summed E-state index contributed by atoms with van der Waals surface area (Å²) < 4.78 is 41.3. The van der Waals surface area contributed by atoms with Gasteiger partial charge >= 0.3 is 5.97 Å². The van der Waals surface area contributed by atoms with Gasteiger partial charge in [-0.25, -0.2) is 8.42 Å². The summed E-state index contributed by atoms with van der Waals surface area (Å²) in [6.07, 6.45) is 2.88. The molecule has 0 amide bonds. The van der Waals surface area contributed by atoms with Crippen LogP contribution in [0.25, 0.3) is 5.57 Å². The van der Waals surface area contributed by atoms with Crippen LogP contribution in [0.4, 0.5) is 11.4 Å². The Morgan fingerprint density at radius 3 is 2.48 bits per heavy atom. The lowest BCUT2D eigenvalue weighted by Gasteiger charge is -2.50. The monoisotopic (exact) mass is 567 g/mol. The van der Waals surface area contributed by atoms with E-state index in [1.807, 2.05) is 26.0 Å². The molecule has 0 saturated carbocycles. The number of hydrogen-bond donors (Lipinski definition) is 0. The number of fused-ring (bicyclic) bond motifs is 3. The van der Waals surface area contributed by atoms with E-state index in [4.69, 9.17) is 9.47 Å². The first-order valence-electron chi connectivity index (χ1n) is 13.9. The molecule has 9 heteroatoms. The van der Waals surface area contributed by atoms with Gasteiger partial charge in [0.05, 0.1) is 47.2 Å². The first kappa shape index (κ1) is 28.6.